The topological polar surface area (TPSA) is 132 Å². The Labute approximate surface area is 161 Å². The molecule has 3 atom stereocenters. The number of rotatable bonds is 4. The lowest BCUT2D eigenvalue weighted by Crippen LogP contribution is -2.48. The van der Waals surface area contributed by atoms with Gasteiger partial charge < -0.3 is 16.0 Å². The van der Waals surface area contributed by atoms with Crippen LogP contribution >= 0.6 is 0 Å². The number of alkyl halides is 3. The van der Waals surface area contributed by atoms with E-state index in [4.69, 9.17) is 5.73 Å². The standard InChI is InChI=1S/C16H17F3N6O2S/c1-8(13(26)23-10-5-3-4-9(6-10)16(17,18)19)22-12-11(7-20)14(28(2)27)25-15(21)24-12/h3-6,8,15,25H,21H2,1-2H3,(H,22,24)(H,23,26)/t8-,15?,28?/m0/s1. The number of nitriles is 1. The minimum Gasteiger partial charge on any atom is -0.358 e. The molecule has 0 fully saturated rings. The summed E-state index contributed by atoms with van der Waals surface area (Å²) in [6.45, 7) is 1.43. The third-order valence-corrected chi connectivity index (χ3v) is 4.51. The first-order valence-electron chi connectivity index (χ1n) is 7.85. The van der Waals surface area contributed by atoms with Gasteiger partial charge in [-0.05, 0) is 25.1 Å². The molecule has 12 heteroatoms. The van der Waals surface area contributed by atoms with Gasteiger partial charge in [0.2, 0.25) is 5.91 Å². The highest BCUT2D eigenvalue weighted by molar-refractivity contribution is 7.88. The molecule has 1 heterocycles. The van der Waals surface area contributed by atoms with Gasteiger partial charge >= 0.3 is 6.18 Å². The van der Waals surface area contributed by atoms with Crippen LogP contribution in [-0.2, 0) is 21.8 Å². The molecule has 0 bridgehead atoms. The maximum Gasteiger partial charge on any atom is 0.416 e. The third-order valence-electron chi connectivity index (χ3n) is 3.61. The summed E-state index contributed by atoms with van der Waals surface area (Å²) in [4.78, 5) is 16.3. The Kier molecular flexibility index (Phi) is 6.42. The Morgan fingerprint density at radius 3 is 2.71 bits per heavy atom. The van der Waals surface area contributed by atoms with Gasteiger partial charge in [-0.3, -0.25) is 14.7 Å². The molecule has 1 aromatic carbocycles. The van der Waals surface area contributed by atoms with Crippen molar-refractivity contribution in [2.45, 2.75) is 25.4 Å². The van der Waals surface area contributed by atoms with Crippen LogP contribution in [0.4, 0.5) is 18.9 Å². The number of carbonyl (C=O) groups excluding carboxylic acids is 1. The summed E-state index contributed by atoms with van der Waals surface area (Å²) in [6, 6.07) is 5.05. The van der Waals surface area contributed by atoms with E-state index < -0.39 is 40.8 Å². The number of nitrogens with one attached hydrogen (secondary N) is 3. The van der Waals surface area contributed by atoms with E-state index in [1.165, 1.54) is 25.3 Å². The number of carbonyl (C=O) groups is 1. The Hall–Kier alpha value is -2.91. The second-order valence-corrected chi connectivity index (χ2v) is 7.09. The average molecular weight is 414 g/mol. The van der Waals surface area contributed by atoms with Crippen LogP contribution in [0.2, 0.25) is 0 Å². The van der Waals surface area contributed by atoms with Gasteiger partial charge in [0.25, 0.3) is 0 Å². The van der Waals surface area contributed by atoms with Gasteiger partial charge in [-0.1, -0.05) is 6.07 Å². The number of amidine groups is 1. The lowest BCUT2D eigenvalue weighted by molar-refractivity contribution is -0.137. The molecular weight excluding hydrogens is 397 g/mol. The molecule has 0 spiro atoms. The molecule has 2 unspecified atom stereocenters. The second kappa shape index (κ2) is 8.41. The van der Waals surface area contributed by atoms with E-state index >= 15 is 0 Å². The molecule has 28 heavy (non-hydrogen) atoms. The number of halogens is 3. The van der Waals surface area contributed by atoms with Crippen molar-refractivity contribution in [3.05, 3.63) is 40.4 Å². The quantitative estimate of drug-likeness (QED) is 0.581. The Morgan fingerprint density at radius 2 is 2.14 bits per heavy atom. The third kappa shape index (κ3) is 5.08. The summed E-state index contributed by atoms with van der Waals surface area (Å²) in [5.74, 6) is -0.698. The maximum atomic E-state index is 12.8. The van der Waals surface area contributed by atoms with Gasteiger partial charge in [0.05, 0.1) is 16.4 Å². The molecule has 0 aliphatic carbocycles. The number of anilines is 1. The summed E-state index contributed by atoms with van der Waals surface area (Å²) in [5, 5.41) is 17.0. The fourth-order valence-corrected chi connectivity index (χ4v) is 3.00. The van der Waals surface area contributed by atoms with E-state index in [-0.39, 0.29) is 22.1 Å². The van der Waals surface area contributed by atoms with Crippen molar-refractivity contribution < 1.29 is 22.2 Å². The van der Waals surface area contributed by atoms with Crippen LogP contribution in [0.1, 0.15) is 12.5 Å². The fraction of sp³-hybridized carbons (Fsp3) is 0.312. The molecule has 1 aromatic rings. The fourth-order valence-electron chi connectivity index (χ4n) is 2.28. The molecule has 2 rings (SSSR count). The van der Waals surface area contributed by atoms with Gasteiger partial charge in [-0.25, -0.2) is 4.99 Å². The maximum absolute atomic E-state index is 12.8. The zero-order chi connectivity index (χ0) is 21.1. The number of hydrogen-bond donors (Lipinski definition) is 4. The highest BCUT2D eigenvalue weighted by Crippen LogP contribution is 2.30. The summed E-state index contributed by atoms with van der Waals surface area (Å²) < 4.78 is 50.1. The van der Waals surface area contributed by atoms with Crippen molar-refractivity contribution >= 4 is 28.2 Å². The molecule has 0 aromatic heterocycles. The van der Waals surface area contributed by atoms with Crippen LogP contribution in [-0.4, -0.2) is 34.5 Å². The van der Waals surface area contributed by atoms with E-state index in [0.717, 1.165) is 12.1 Å². The summed E-state index contributed by atoms with van der Waals surface area (Å²) in [6.07, 6.45) is -4.17. The molecule has 0 saturated heterocycles. The van der Waals surface area contributed by atoms with Gasteiger partial charge in [0.1, 0.15) is 28.5 Å². The summed E-state index contributed by atoms with van der Waals surface area (Å²) in [5.41, 5.74) is 4.67. The molecule has 5 N–H and O–H groups in total. The zero-order valence-electron chi connectivity index (χ0n) is 14.8. The van der Waals surface area contributed by atoms with E-state index in [1.807, 2.05) is 6.07 Å². The second-order valence-electron chi connectivity index (χ2n) is 5.77. The van der Waals surface area contributed by atoms with Crippen LogP contribution in [0.5, 0.6) is 0 Å². The van der Waals surface area contributed by atoms with Gasteiger partial charge in [-0.15, -0.1) is 0 Å². The van der Waals surface area contributed by atoms with Crippen molar-refractivity contribution in [3.8, 4) is 6.07 Å². The van der Waals surface area contributed by atoms with Crippen molar-refractivity contribution in [2.75, 3.05) is 11.6 Å². The van der Waals surface area contributed by atoms with Crippen molar-refractivity contribution in [1.82, 2.24) is 10.6 Å². The van der Waals surface area contributed by atoms with Gasteiger partial charge in [-0.2, -0.15) is 18.4 Å². The number of amides is 1. The average Bonchev–Trinajstić information content (AvgIpc) is 2.60. The van der Waals surface area contributed by atoms with Crippen LogP contribution in [0.15, 0.2) is 39.9 Å². The lowest BCUT2D eigenvalue weighted by atomic mass is 10.2. The molecule has 0 radical (unpaired) electrons. The first-order chi connectivity index (χ1) is 13.0. The van der Waals surface area contributed by atoms with Crippen molar-refractivity contribution in [2.24, 2.45) is 10.7 Å². The SMILES string of the molecule is C[C@H](NC1=NC(N)NC(S(C)=O)=C1C#N)C(=O)Nc1cccc(C(F)(F)F)c1. The van der Waals surface area contributed by atoms with E-state index in [1.54, 1.807) is 0 Å². The minimum absolute atomic E-state index is 0.0364. The molecule has 1 amide bonds. The van der Waals surface area contributed by atoms with E-state index in [9.17, 15) is 27.4 Å². The first-order valence-corrected chi connectivity index (χ1v) is 9.41. The zero-order valence-corrected chi connectivity index (χ0v) is 15.6. The monoisotopic (exact) mass is 414 g/mol. The smallest absolute Gasteiger partial charge is 0.358 e. The van der Waals surface area contributed by atoms with E-state index in [2.05, 4.69) is 20.9 Å². The largest absolute Gasteiger partial charge is 0.416 e. The molecular formula is C16H17F3N6O2S. The predicted octanol–water partition coefficient (Wildman–Crippen LogP) is 0.980. The highest BCUT2D eigenvalue weighted by Gasteiger charge is 2.31. The highest BCUT2D eigenvalue weighted by atomic mass is 32.2. The normalized spacial score (nSPS) is 19.0. The Morgan fingerprint density at radius 1 is 1.46 bits per heavy atom. The Balaban J connectivity index is 2.16. The predicted molar refractivity (Wildman–Crippen MR) is 97.9 cm³/mol. The number of benzene rings is 1. The minimum atomic E-state index is -4.54. The number of nitrogens with zero attached hydrogens (tertiary/aromatic N) is 2. The van der Waals surface area contributed by atoms with E-state index in [0.29, 0.717) is 0 Å². The van der Waals surface area contributed by atoms with Gasteiger partial charge in [0.15, 0.2) is 6.29 Å². The van der Waals surface area contributed by atoms with Crippen LogP contribution in [0.3, 0.4) is 0 Å². The summed E-state index contributed by atoms with van der Waals surface area (Å²) >= 11 is 0. The van der Waals surface area contributed by atoms with Crippen LogP contribution in [0, 0.1) is 11.3 Å². The molecule has 0 saturated carbocycles. The first kappa shape index (κ1) is 21.4. The number of aliphatic imine (C=N–C) groups is 1. The summed E-state index contributed by atoms with van der Waals surface area (Å²) in [7, 11) is -1.55. The lowest BCUT2D eigenvalue weighted by Gasteiger charge is -2.24. The molecule has 8 nitrogen and oxygen atoms in total. The van der Waals surface area contributed by atoms with Gasteiger partial charge in [0, 0.05) is 11.9 Å². The number of nitrogens with two attached hydrogens (primary N) is 1. The van der Waals surface area contributed by atoms with Crippen molar-refractivity contribution in [1.29, 1.82) is 5.26 Å². The number of hydrogen-bond acceptors (Lipinski definition) is 7. The molecule has 1 aliphatic heterocycles. The molecule has 150 valence electrons. The Bertz CT molecular complexity index is 906. The van der Waals surface area contributed by atoms with Crippen LogP contribution in [0.25, 0.3) is 0 Å². The van der Waals surface area contributed by atoms with Crippen molar-refractivity contribution in [3.63, 3.8) is 0 Å². The molecule has 1 aliphatic rings. The van der Waals surface area contributed by atoms with Crippen LogP contribution < -0.4 is 21.7 Å².